The smallest absolute Gasteiger partial charge is 0.376 e. The van der Waals surface area contributed by atoms with Gasteiger partial charge in [0.2, 0.25) is 0 Å². The highest BCUT2D eigenvalue weighted by molar-refractivity contribution is 5.01. The van der Waals surface area contributed by atoms with Crippen LogP contribution in [0.1, 0.15) is 25.7 Å². The predicted octanol–water partition coefficient (Wildman–Crippen LogP) is 2.84. The second kappa shape index (κ2) is 6.75. The van der Waals surface area contributed by atoms with Gasteiger partial charge in [0, 0.05) is 13.1 Å². The highest BCUT2D eigenvalue weighted by atomic mass is 19.4. The highest BCUT2D eigenvalue weighted by Gasteiger charge is 2.68. The van der Waals surface area contributed by atoms with Crippen LogP contribution in [0.4, 0.5) is 22.0 Å². The lowest BCUT2D eigenvalue weighted by Crippen LogP contribution is -2.65. The summed E-state index contributed by atoms with van der Waals surface area (Å²) in [6.45, 7) is -0.429. The van der Waals surface area contributed by atoms with E-state index in [1.807, 2.05) is 0 Å². The molecule has 2 aliphatic heterocycles. The summed E-state index contributed by atoms with van der Waals surface area (Å²) in [6, 6.07) is 0. The molecule has 0 amide bonds. The highest BCUT2D eigenvalue weighted by Crippen LogP contribution is 2.44. The molecule has 2 heterocycles. The molecule has 0 radical (unpaired) electrons. The first kappa shape index (κ1) is 16.9. The number of alkyl halides is 5. The zero-order chi connectivity index (χ0) is 15.5. The Morgan fingerprint density at radius 1 is 0.952 bits per heavy atom. The summed E-state index contributed by atoms with van der Waals surface area (Å²) in [4.78, 5) is 0.943. The number of ether oxygens (including phenoxy) is 2. The molecular formula is C13H20F5NO2. The third kappa shape index (κ3) is 3.48. The topological polar surface area (TPSA) is 21.7 Å². The Hall–Kier alpha value is -0.470. The average Bonchev–Trinajstić information content (AvgIpc) is 2.74. The van der Waals surface area contributed by atoms with Crippen LogP contribution in [0.25, 0.3) is 0 Å². The SMILES string of the molecule is FC(N1CCCCCC1)C(F)(C1COCCO1)C(F)(F)F. The zero-order valence-corrected chi connectivity index (χ0v) is 11.7. The summed E-state index contributed by atoms with van der Waals surface area (Å²) in [5, 5.41) is 0. The first-order chi connectivity index (χ1) is 9.87. The lowest BCUT2D eigenvalue weighted by molar-refractivity contribution is -0.316. The Morgan fingerprint density at radius 2 is 1.57 bits per heavy atom. The molecule has 3 unspecified atom stereocenters. The monoisotopic (exact) mass is 317 g/mol. The maximum Gasteiger partial charge on any atom is 0.429 e. The molecule has 2 fully saturated rings. The van der Waals surface area contributed by atoms with Crippen LogP contribution in [0.5, 0.6) is 0 Å². The van der Waals surface area contributed by atoms with Crippen molar-refractivity contribution in [1.29, 1.82) is 0 Å². The third-order valence-electron chi connectivity index (χ3n) is 4.03. The molecule has 3 atom stereocenters. The van der Waals surface area contributed by atoms with Gasteiger partial charge in [0.15, 0.2) is 6.30 Å². The fraction of sp³-hybridized carbons (Fsp3) is 1.00. The molecule has 0 aromatic carbocycles. The summed E-state index contributed by atoms with van der Waals surface area (Å²) in [5.41, 5.74) is -4.07. The molecule has 0 aromatic rings. The van der Waals surface area contributed by atoms with Crippen molar-refractivity contribution in [3.05, 3.63) is 0 Å². The van der Waals surface area contributed by atoms with E-state index < -0.39 is 30.9 Å². The molecule has 0 bridgehead atoms. The Bertz CT molecular complexity index is 327. The maximum atomic E-state index is 14.7. The van der Waals surface area contributed by atoms with Gasteiger partial charge in [-0.05, 0) is 12.8 Å². The van der Waals surface area contributed by atoms with Crippen molar-refractivity contribution in [1.82, 2.24) is 4.90 Å². The van der Waals surface area contributed by atoms with Crippen LogP contribution in [0.15, 0.2) is 0 Å². The van der Waals surface area contributed by atoms with Gasteiger partial charge in [-0.2, -0.15) is 13.2 Å². The van der Waals surface area contributed by atoms with Crippen molar-refractivity contribution < 1.29 is 31.4 Å². The quantitative estimate of drug-likeness (QED) is 0.590. The second-order valence-electron chi connectivity index (χ2n) is 5.49. The van der Waals surface area contributed by atoms with Gasteiger partial charge in [0.1, 0.15) is 6.10 Å². The first-order valence-corrected chi connectivity index (χ1v) is 7.20. The Kier molecular flexibility index (Phi) is 5.43. The minimum absolute atomic E-state index is 0.0884. The summed E-state index contributed by atoms with van der Waals surface area (Å²) in [6.07, 6.45) is -7.33. The Labute approximate surface area is 120 Å². The maximum absolute atomic E-state index is 14.7. The van der Waals surface area contributed by atoms with E-state index in [9.17, 15) is 22.0 Å². The summed E-state index contributed by atoms with van der Waals surface area (Å²) in [5.74, 6) is 0. The van der Waals surface area contributed by atoms with Crippen molar-refractivity contribution in [3.8, 4) is 0 Å². The molecule has 0 N–H and O–H groups in total. The van der Waals surface area contributed by atoms with Crippen LogP contribution in [0, 0.1) is 0 Å². The van der Waals surface area contributed by atoms with Crippen LogP contribution < -0.4 is 0 Å². The molecular weight excluding hydrogens is 297 g/mol. The van der Waals surface area contributed by atoms with Gasteiger partial charge in [-0.1, -0.05) is 12.8 Å². The van der Waals surface area contributed by atoms with E-state index >= 15 is 0 Å². The van der Waals surface area contributed by atoms with Gasteiger partial charge < -0.3 is 9.47 Å². The zero-order valence-electron chi connectivity index (χ0n) is 11.7. The number of hydrogen-bond acceptors (Lipinski definition) is 3. The summed E-state index contributed by atoms with van der Waals surface area (Å²) >= 11 is 0. The van der Waals surface area contributed by atoms with E-state index in [2.05, 4.69) is 0 Å². The molecule has 0 saturated carbocycles. The van der Waals surface area contributed by atoms with Gasteiger partial charge >= 0.3 is 6.18 Å². The Balaban J connectivity index is 2.21. The van der Waals surface area contributed by atoms with Gasteiger partial charge in [-0.25, -0.2) is 8.78 Å². The number of rotatable bonds is 3. The molecule has 21 heavy (non-hydrogen) atoms. The van der Waals surface area contributed by atoms with Crippen LogP contribution in [-0.4, -0.2) is 62.1 Å². The molecule has 3 nitrogen and oxygen atoms in total. The molecule has 0 spiro atoms. The van der Waals surface area contributed by atoms with Gasteiger partial charge in [-0.3, -0.25) is 4.90 Å². The molecule has 8 heteroatoms. The molecule has 124 valence electrons. The van der Waals surface area contributed by atoms with E-state index in [0.717, 1.165) is 17.7 Å². The number of halogens is 5. The summed E-state index contributed by atoms with van der Waals surface area (Å²) in [7, 11) is 0. The fourth-order valence-electron chi connectivity index (χ4n) is 2.79. The van der Waals surface area contributed by atoms with Crippen LogP contribution in [-0.2, 0) is 9.47 Å². The Morgan fingerprint density at radius 3 is 2.05 bits per heavy atom. The molecule has 2 aliphatic rings. The van der Waals surface area contributed by atoms with E-state index in [-0.39, 0.29) is 26.3 Å². The minimum Gasteiger partial charge on any atom is -0.376 e. The van der Waals surface area contributed by atoms with E-state index in [4.69, 9.17) is 9.47 Å². The predicted molar refractivity (Wildman–Crippen MR) is 65.4 cm³/mol. The second-order valence-corrected chi connectivity index (χ2v) is 5.49. The van der Waals surface area contributed by atoms with Crippen molar-refractivity contribution in [2.75, 3.05) is 32.9 Å². The van der Waals surface area contributed by atoms with Gasteiger partial charge in [0.05, 0.1) is 19.8 Å². The first-order valence-electron chi connectivity index (χ1n) is 7.20. The fourth-order valence-corrected chi connectivity index (χ4v) is 2.79. The molecule has 0 aromatic heterocycles. The van der Waals surface area contributed by atoms with E-state index in [0.29, 0.717) is 12.8 Å². The normalized spacial score (nSPS) is 30.4. The number of likely N-dealkylation sites (tertiary alicyclic amines) is 1. The van der Waals surface area contributed by atoms with Crippen molar-refractivity contribution >= 4 is 0 Å². The average molecular weight is 317 g/mol. The van der Waals surface area contributed by atoms with Gasteiger partial charge in [0.25, 0.3) is 5.67 Å². The number of nitrogens with zero attached hydrogens (tertiary/aromatic N) is 1. The van der Waals surface area contributed by atoms with Gasteiger partial charge in [-0.15, -0.1) is 0 Å². The van der Waals surface area contributed by atoms with Crippen molar-refractivity contribution in [3.63, 3.8) is 0 Å². The lowest BCUT2D eigenvalue weighted by Gasteiger charge is -2.42. The molecule has 2 rings (SSSR count). The number of hydrogen-bond donors (Lipinski definition) is 0. The van der Waals surface area contributed by atoms with Crippen LogP contribution in [0.2, 0.25) is 0 Å². The van der Waals surface area contributed by atoms with Crippen LogP contribution >= 0.6 is 0 Å². The summed E-state index contributed by atoms with van der Waals surface area (Å²) < 4.78 is 78.6. The van der Waals surface area contributed by atoms with E-state index in [1.165, 1.54) is 0 Å². The van der Waals surface area contributed by atoms with E-state index in [1.54, 1.807) is 0 Å². The minimum atomic E-state index is -5.36. The van der Waals surface area contributed by atoms with Crippen molar-refractivity contribution in [2.24, 2.45) is 0 Å². The van der Waals surface area contributed by atoms with Crippen molar-refractivity contribution in [2.45, 2.75) is 49.9 Å². The largest absolute Gasteiger partial charge is 0.429 e. The molecule has 0 aliphatic carbocycles. The third-order valence-corrected chi connectivity index (χ3v) is 4.03. The standard InChI is InChI=1S/C13H20F5NO2/c14-11(19-5-3-1-2-4-6-19)12(15,13(16,17)18)10-9-20-7-8-21-10/h10-11H,1-9H2. The van der Waals surface area contributed by atoms with Crippen LogP contribution in [0.3, 0.4) is 0 Å². The lowest BCUT2D eigenvalue weighted by atomic mass is 9.95. The molecule has 2 saturated heterocycles.